The lowest BCUT2D eigenvalue weighted by Gasteiger charge is -2.11. The second kappa shape index (κ2) is 8.42. The summed E-state index contributed by atoms with van der Waals surface area (Å²) < 4.78 is 1.87. The van der Waals surface area contributed by atoms with E-state index in [-0.39, 0.29) is 18.1 Å². The van der Waals surface area contributed by atoms with Crippen LogP contribution in [0.5, 0.6) is 0 Å². The molecule has 0 bridgehead atoms. The fraction of sp³-hybridized carbons (Fsp3) is 0.217. The van der Waals surface area contributed by atoms with Gasteiger partial charge in [-0.1, -0.05) is 47.7 Å². The molecule has 1 amide bonds. The third-order valence-electron chi connectivity index (χ3n) is 5.10. The van der Waals surface area contributed by atoms with E-state index in [1.165, 1.54) is 0 Å². The lowest BCUT2D eigenvalue weighted by molar-refractivity contribution is -0.748. The monoisotopic (exact) mass is 402 g/mol. The molecule has 0 saturated heterocycles. The van der Waals surface area contributed by atoms with Gasteiger partial charge in [-0.15, -0.1) is 0 Å². The topological polar surface area (TPSA) is 105 Å². The molecule has 0 radical (unpaired) electrons. The Kier molecular flexibility index (Phi) is 5.54. The Morgan fingerprint density at radius 3 is 2.87 bits per heavy atom. The Balaban J connectivity index is 1.71. The van der Waals surface area contributed by atoms with Crippen LogP contribution in [-0.2, 0) is 25.9 Å². The van der Waals surface area contributed by atoms with E-state index >= 15 is 0 Å². The molecule has 0 fully saturated rings. The molecule has 7 heteroatoms. The third kappa shape index (κ3) is 4.06. The summed E-state index contributed by atoms with van der Waals surface area (Å²) in [7, 11) is 0. The van der Waals surface area contributed by atoms with E-state index in [2.05, 4.69) is 22.0 Å². The first-order valence-corrected chi connectivity index (χ1v) is 9.91. The quantitative estimate of drug-likeness (QED) is 0.434. The van der Waals surface area contributed by atoms with Gasteiger partial charge in [0.2, 0.25) is 11.5 Å². The minimum absolute atomic E-state index is 0.0391. The molecule has 1 aromatic heterocycles. The van der Waals surface area contributed by atoms with Gasteiger partial charge in [-0.3, -0.25) is 4.79 Å². The summed E-state index contributed by atoms with van der Waals surface area (Å²) in [5.41, 5.74) is 10.2. The number of amides is 1. The van der Waals surface area contributed by atoms with Crippen LogP contribution in [0, 0.1) is 0 Å². The second-order valence-corrected chi connectivity index (χ2v) is 7.32. The Morgan fingerprint density at radius 2 is 2.07 bits per heavy atom. The number of nitrogens with zero attached hydrogens (tertiary/aromatic N) is 3. The molecule has 4 N–H and O–H groups in total. The van der Waals surface area contributed by atoms with Gasteiger partial charge < -0.3 is 16.2 Å². The Bertz CT molecular complexity index is 1130. The summed E-state index contributed by atoms with van der Waals surface area (Å²) in [6, 6.07) is 15.1. The summed E-state index contributed by atoms with van der Waals surface area (Å²) in [6.45, 7) is 4.72. The van der Waals surface area contributed by atoms with Crippen LogP contribution in [0.3, 0.4) is 0 Å². The number of anilines is 1. The Morgan fingerprint density at radius 1 is 1.23 bits per heavy atom. The molecule has 0 atom stereocenters. The van der Waals surface area contributed by atoms with E-state index in [0.717, 1.165) is 41.8 Å². The number of benzene rings is 2. The van der Waals surface area contributed by atoms with Gasteiger partial charge in [-0.25, -0.2) is 4.98 Å². The number of fused-ring (bicyclic) bond motifs is 1. The van der Waals surface area contributed by atoms with Gasteiger partial charge in [0.15, 0.2) is 12.2 Å². The number of allylic oxidation sites excluding steroid dienone is 1. The van der Waals surface area contributed by atoms with Gasteiger partial charge in [0.25, 0.3) is 5.91 Å². The van der Waals surface area contributed by atoms with Gasteiger partial charge in [-0.05, 0) is 23.3 Å². The van der Waals surface area contributed by atoms with Crippen molar-refractivity contribution in [3.8, 4) is 11.4 Å². The normalized spacial score (nSPS) is 12.4. The predicted octanol–water partition coefficient (Wildman–Crippen LogP) is 2.70. The second-order valence-electron chi connectivity index (χ2n) is 7.32. The molecule has 0 spiro atoms. The number of hydrogen-bond donors (Lipinski definition) is 3. The SMILES string of the molecule is C=C(O)Cc1ccccc1NC(=O)c1nc(-c2cccc(CN)c2)n[n+]2c1CCC2. The van der Waals surface area contributed by atoms with Crippen LogP contribution in [0.2, 0.25) is 0 Å². The van der Waals surface area contributed by atoms with Crippen LogP contribution in [0.25, 0.3) is 11.4 Å². The number of para-hydroxylation sites is 1. The maximum absolute atomic E-state index is 13.2. The van der Waals surface area contributed by atoms with E-state index < -0.39 is 0 Å². The fourth-order valence-corrected chi connectivity index (χ4v) is 3.66. The number of nitrogens with one attached hydrogen (secondary N) is 1. The number of carbonyl (C=O) groups is 1. The standard InChI is InChI=1S/C23H23N5O2/c1-15(29)12-17-7-2-3-9-19(17)25-23(30)21-20-10-5-11-28(20)27-22(26-21)18-8-4-6-16(13-18)14-24/h2-4,6-9,13H,1,5,10-12,14,24H2,(H-,25,29,30)/p+1. The average molecular weight is 402 g/mol. The van der Waals surface area contributed by atoms with E-state index in [0.29, 0.717) is 23.8 Å². The van der Waals surface area contributed by atoms with E-state index in [9.17, 15) is 9.90 Å². The third-order valence-corrected chi connectivity index (χ3v) is 5.10. The van der Waals surface area contributed by atoms with Gasteiger partial charge in [0.1, 0.15) is 0 Å². The average Bonchev–Trinajstić information content (AvgIpc) is 3.23. The summed E-state index contributed by atoms with van der Waals surface area (Å²) in [5.74, 6) is 0.241. The van der Waals surface area contributed by atoms with Crippen molar-refractivity contribution in [1.29, 1.82) is 0 Å². The number of rotatable bonds is 6. The predicted molar refractivity (Wildman–Crippen MR) is 114 cm³/mol. The molecule has 3 aromatic rings. The minimum Gasteiger partial charge on any atom is -0.513 e. The molecule has 0 aliphatic carbocycles. The number of nitrogens with two attached hydrogens (primary N) is 1. The van der Waals surface area contributed by atoms with Gasteiger partial charge >= 0.3 is 0 Å². The number of carbonyl (C=O) groups excluding carboxylic acids is 1. The molecule has 30 heavy (non-hydrogen) atoms. The van der Waals surface area contributed by atoms with Crippen LogP contribution in [0.15, 0.2) is 60.9 Å². The van der Waals surface area contributed by atoms with Crippen molar-refractivity contribution in [2.24, 2.45) is 5.73 Å². The maximum atomic E-state index is 13.2. The number of aliphatic hydroxyl groups is 1. The Labute approximate surface area is 174 Å². The first kappa shape index (κ1) is 19.7. The molecule has 2 aromatic carbocycles. The highest BCUT2D eigenvalue weighted by atomic mass is 16.3. The van der Waals surface area contributed by atoms with Crippen molar-refractivity contribution in [2.75, 3.05) is 5.32 Å². The van der Waals surface area contributed by atoms with Crippen LogP contribution in [-0.4, -0.2) is 21.1 Å². The van der Waals surface area contributed by atoms with Crippen molar-refractivity contribution in [2.45, 2.75) is 32.4 Å². The fourth-order valence-electron chi connectivity index (χ4n) is 3.66. The van der Waals surface area contributed by atoms with E-state index in [1.807, 2.05) is 47.1 Å². The molecule has 2 heterocycles. The highest BCUT2D eigenvalue weighted by molar-refractivity contribution is 6.04. The summed E-state index contributed by atoms with van der Waals surface area (Å²) in [5, 5.41) is 17.2. The summed E-state index contributed by atoms with van der Waals surface area (Å²) >= 11 is 0. The molecular formula is C23H24N5O2+. The summed E-state index contributed by atoms with van der Waals surface area (Å²) in [6.07, 6.45) is 1.94. The molecule has 1 aliphatic heterocycles. The first-order valence-electron chi connectivity index (χ1n) is 9.91. The van der Waals surface area contributed by atoms with Crippen molar-refractivity contribution >= 4 is 11.6 Å². The molecule has 7 nitrogen and oxygen atoms in total. The lowest BCUT2D eigenvalue weighted by Crippen LogP contribution is -2.41. The maximum Gasteiger partial charge on any atom is 0.280 e. The smallest absolute Gasteiger partial charge is 0.280 e. The lowest BCUT2D eigenvalue weighted by atomic mass is 10.1. The largest absolute Gasteiger partial charge is 0.513 e. The van der Waals surface area contributed by atoms with Crippen molar-refractivity contribution in [3.05, 3.63) is 83.4 Å². The van der Waals surface area contributed by atoms with Crippen molar-refractivity contribution in [1.82, 2.24) is 10.1 Å². The zero-order chi connectivity index (χ0) is 21.1. The molecular weight excluding hydrogens is 378 g/mol. The molecule has 0 saturated carbocycles. The number of aryl methyl sites for hydroxylation is 1. The molecule has 152 valence electrons. The zero-order valence-electron chi connectivity index (χ0n) is 16.6. The molecule has 0 unspecified atom stereocenters. The van der Waals surface area contributed by atoms with Gasteiger partial charge in [0, 0.05) is 42.2 Å². The highest BCUT2D eigenvalue weighted by Crippen LogP contribution is 2.22. The Hall–Kier alpha value is -3.58. The van der Waals surface area contributed by atoms with Gasteiger partial charge in [0.05, 0.1) is 5.76 Å². The van der Waals surface area contributed by atoms with Crippen LogP contribution >= 0.6 is 0 Å². The number of aromatic nitrogens is 3. The van der Waals surface area contributed by atoms with E-state index in [1.54, 1.807) is 6.07 Å². The minimum atomic E-state index is -0.296. The van der Waals surface area contributed by atoms with E-state index in [4.69, 9.17) is 5.73 Å². The highest BCUT2D eigenvalue weighted by Gasteiger charge is 2.31. The first-order chi connectivity index (χ1) is 14.5. The van der Waals surface area contributed by atoms with Crippen molar-refractivity contribution in [3.63, 3.8) is 0 Å². The van der Waals surface area contributed by atoms with Crippen LogP contribution in [0.1, 0.15) is 33.7 Å². The van der Waals surface area contributed by atoms with Crippen LogP contribution < -0.4 is 15.7 Å². The number of hydrogen-bond acceptors (Lipinski definition) is 5. The van der Waals surface area contributed by atoms with Crippen molar-refractivity contribution < 1.29 is 14.6 Å². The van der Waals surface area contributed by atoms with Gasteiger partial charge in [-0.2, -0.15) is 0 Å². The number of aliphatic hydroxyl groups excluding tert-OH is 1. The summed E-state index contributed by atoms with van der Waals surface area (Å²) in [4.78, 5) is 17.8. The molecule has 4 rings (SSSR count). The molecule has 1 aliphatic rings. The zero-order valence-corrected chi connectivity index (χ0v) is 16.6. The van der Waals surface area contributed by atoms with Crippen LogP contribution in [0.4, 0.5) is 5.69 Å².